The van der Waals surface area contributed by atoms with Gasteiger partial charge >= 0.3 is 6.18 Å². The SMILES string of the molecule is C/C=C(/COCC)N=C(C)Cc1ccc(C(F)(F)F)cc1. The second kappa shape index (κ2) is 7.98. The van der Waals surface area contributed by atoms with Crippen molar-refractivity contribution in [2.45, 2.75) is 33.4 Å². The molecule has 0 saturated carbocycles. The second-order valence-corrected chi connectivity index (χ2v) is 4.64. The number of allylic oxidation sites excluding steroid dienone is 1. The van der Waals surface area contributed by atoms with Crippen LogP contribution in [0.25, 0.3) is 0 Å². The van der Waals surface area contributed by atoms with Crippen LogP contribution in [-0.4, -0.2) is 18.9 Å². The Balaban J connectivity index is 2.72. The van der Waals surface area contributed by atoms with Gasteiger partial charge in [0.05, 0.1) is 17.9 Å². The molecule has 0 aliphatic heterocycles. The summed E-state index contributed by atoms with van der Waals surface area (Å²) in [7, 11) is 0. The number of aliphatic imine (C=N–C) groups is 1. The van der Waals surface area contributed by atoms with Gasteiger partial charge in [0, 0.05) is 18.7 Å². The summed E-state index contributed by atoms with van der Waals surface area (Å²) in [4.78, 5) is 4.43. The first-order chi connectivity index (χ1) is 9.86. The topological polar surface area (TPSA) is 21.6 Å². The van der Waals surface area contributed by atoms with Crippen molar-refractivity contribution in [1.29, 1.82) is 0 Å². The van der Waals surface area contributed by atoms with Crippen LogP contribution < -0.4 is 0 Å². The van der Waals surface area contributed by atoms with E-state index in [2.05, 4.69) is 4.99 Å². The van der Waals surface area contributed by atoms with Crippen LogP contribution in [0.5, 0.6) is 0 Å². The van der Waals surface area contributed by atoms with E-state index >= 15 is 0 Å². The van der Waals surface area contributed by atoms with Gasteiger partial charge in [-0.3, -0.25) is 4.99 Å². The first kappa shape index (κ1) is 17.4. The third kappa shape index (κ3) is 6.12. The molecule has 0 heterocycles. The summed E-state index contributed by atoms with van der Waals surface area (Å²) in [5, 5.41) is 0. The highest BCUT2D eigenvalue weighted by atomic mass is 19.4. The molecule has 0 saturated heterocycles. The molecular weight excluding hydrogens is 279 g/mol. The summed E-state index contributed by atoms with van der Waals surface area (Å²) in [5.41, 5.74) is 1.83. The van der Waals surface area contributed by atoms with E-state index in [0.29, 0.717) is 19.6 Å². The number of hydrogen-bond acceptors (Lipinski definition) is 2. The van der Waals surface area contributed by atoms with E-state index in [1.165, 1.54) is 12.1 Å². The zero-order valence-electron chi connectivity index (χ0n) is 12.5. The molecule has 0 aromatic heterocycles. The summed E-state index contributed by atoms with van der Waals surface area (Å²) in [6.07, 6.45) is -1.91. The summed E-state index contributed by atoms with van der Waals surface area (Å²) in [6, 6.07) is 5.16. The molecule has 0 unspecified atom stereocenters. The van der Waals surface area contributed by atoms with Crippen LogP contribution >= 0.6 is 0 Å². The maximum Gasteiger partial charge on any atom is 0.416 e. The van der Waals surface area contributed by atoms with E-state index in [0.717, 1.165) is 29.1 Å². The van der Waals surface area contributed by atoms with E-state index in [1.54, 1.807) is 0 Å². The van der Waals surface area contributed by atoms with E-state index in [4.69, 9.17) is 4.74 Å². The van der Waals surface area contributed by atoms with Gasteiger partial charge in [-0.25, -0.2) is 0 Å². The molecule has 5 heteroatoms. The fourth-order valence-corrected chi connectivity index (χ4v) is 1.78. The first-order valence-corrected chi connectivity index (χ1v) is 6.80. The number of ether oxygens (including phenoxy) is 1. The summed E-state index contributed by atoms with van der Waals surface area (Å²) >= 11 is 0. The Morgan fingerprint density at radius 1 is 1.24 bits per heavy atom. The van der Waals surface area contributed by atoms with Gasteiger partial charge in [-0.1, -0.05) is 18.2 Å². The lowest BCUT2D eigenvalue weighted by molar-refractivity contribution is -0.137. The molecule has 116 valence electrons. The smallest absolute Gasteiger partial charge is 0.375 e. The monoisotopic (exact) mass is 299 g/mol. The third-order valence-corrected chi connectivity index (χ3v) is 2.86. The zero-order valence-corrected chi connectivity index (χ0v) is 12.5. The average Bonchev–Trinajstić information content (AvgIpc) is 2.43. The lowest BCUT2D eigenvalue weighted by Crippen LogP contribution is -2.06. The van der Waals surface area contributed by atoms with Crippen molar-refractivity contribution in [3.8, 4) is 0 Å². The van der Waals surface area contributed by atoms with Crippen LogP contribution in [0.3, 0.4) is 0 Å². The first-order valence-electron chi connectivity index (χ1n) is 6.80. The molecule has 0 amide bonds. The molecule has 1 rings (SSSR count). The van der Waals surface area contributed by atoms with Gasteiger partial charge in [-0.15, -0.1) is 0 Å². The predicted octanol–water partition coefficient (Wildman–Crippen LogP) is 4.65. The van der Waals surface area contributed by atoms with Crippen molar-refractivity contribution in [3.63, 3.8) is 0 Å². The van der Waals surface area contributed by atoms with E-state index in [-0.39, 0.29) is 0 Å². The summed E-state index contributed by atoms with van der Waals surface area (Å²) in [6.45, 7) is 6.70. The molecule has 21 heavy (non-hydrogen) atoms. The average molecular weight is 299 g/mol. The van der Waals surface area contributed by atoms with Crippen LogP contribution in [-0.2, 0) is 17.3 Å². The molecule has 0 N–H and O–H groups in total. The van der Waals surface area contributed by atoms with E-state index < -0.39 is 11.7 Å². The maximum atomic E-state index is 12.5. The standard InChI is InChI=1S/C16H20F3NO/c1-4-15(11-21-5-2)20-12(3)10-13-6-8-14(9-7-13)16(17,18)19/h4,6-9H,5,10-11H2,1-3H3/b15-4-,20-12?. The molecule has 0 spiro atoms. The third-order valence-electron chi connectivity index (χ3n) is 2.86. The van der Waals surface area contributed by atoms with Crippen LogP contribution in [0.2, 0.25) is 0 Å². The van der Waals surface area contributed by atoms with Crippen molar-refractivity contribution >= 4 is 5.71 Å². The summed E-state index contributed by atoms with van der Waals surface area (Å²) in [5.74, 6) is 0. The zero-order chi connectivity index (χ0) is 15.9. The number of halogens is 3. The number of hydrogen-bond donors (Lipinski definition) is 0. The van der Waals surface area contributed by atoms with Crippen LogP contribution in [0.1, 0.15) is 31.9 Å². The number of alkyl halides is 3. The highest BCUT2D eigenvalue weighted by Crippen LogP contribution is 2.29. The molecule has 1 aromatic carbocycles. The van der Waals surface area contributed by atoms with Crippen molar-refractivity contribution in [2.24, 2.45) is 4.99 Å². The maximum absolute atomic E-state index is 12.5. The Kier molecular flexibility index (Phi) is 6.62. The lowest BCUT2D eigenvalue weighted by atomic mass is 10.1. The van der Waals surface area contributed by atoms with Crippen LogP contribution in [0, 0.1) is 0 Å². The van der Waals surface area contributed by atoms with E-state index in [1.807, 2.05) is 26.8 Å². The van der Waals surface area contributed by atoms with Crippen molar-refractivity contribution in [2.75, 3.05) is 13.2 Å². The van der Waals surface area contributed by atoms with Gasteiger partial charge in [0.2, 0.25) is 0 Å². The predicted molar refractivity (Wildman–Crippen MR) is 78.5 cm³/mol. The second-order valence-electron chi connectivity index (χ2n) is 4.64. The number of benzene rings is 1. The number of nitrogens with zero attached hydrogens (tertiary/aromatic N) is 1. The van der Waals surface area contributed by atoms with Gasteiger partial charge in [0.1, 0.15) is 0 Å². The van der Waals surface area contributed by atoms with E-state index in [9.17, 15) is 13.2 Å². The molecule has 1 aromatic rings. The van der Waals surface area contributed by atoms with Gasteiger partial charge in [0.15, 0.2) is 0 Å². The van der Waals surface area contributed by atoms with Crippen LogP contribution in [0.15, 0.2) is 41.0 Å². The molecule has 0 fully saturated rings. The van der Waals surface area contributed by atoms with Gasteiger partial charge in [0.25, 0.3) is 0 Å². The molecule has 2 nitrogen and oxygen atoms in total. The quantitative estimate of drug-likeness (QED) is 0.701. The van der Waals surface area contributed by atoms with Crippen molar-refractivity contribution in [1.82, 2.24) is 0 Å². The minimum atomic E-state index is -4.29. The number of rotatable bonds is 6. The fourth-order valence-electron chi connectivity index (χ4n) is 1.78. The highest BCUT2D eigenvalue weighted by Gasteiger charge is 2.29. The largest absolute Gasteiger partial charge is 0.416 e. The summed E-state index contributed by atoms with van der Waals surface area (Å²) < 4.78 is 42.7. The molecule has 0 atom stereocenters. The molecule has 0 aliphatic carbocycles. The Bertz CT molecular complexity index is 501. The van der Waals surface area contributed by atoms with Gasteiger partial charge in [-0.2, -0.15) is 13.2 Å². The molecular formula is C16H20F3NO. The Hall–Kier alpha value is -1.62. The molecule has 0 bridgehead atoms. The minimum Gasteiger partial charge on any atom is -0.375 e. The normalized spacial score (nSPS) is 13.6. The Morgan fingerprint density at radius 3 is 2.33 bits per heavy atom. The Labute approximate surface area is 123 Å². The van der Waals surface area contributed by atoms with Crippen molar-refractivity contribution < 1.29 is 17.9 Å². The minimum absolute atomic E-state index is 0.442. The lowest BCUT2D eigenvalue weighted by Gasteiger charge is -2.08. The van der Waals surface area contributed by atoms with Gasteiger partial charge in [-0.05, 0) is 38.5 Å². The van der Waals surface area contributed by atoms with Crippen molar-refractivity contribution in [3.05, 3.63) is 47.2 Å². The fraction of sp³-hybridized carbons (Fsp3) is 0.438. The molecule has 0 radical (unpaired) electrons. The highest BCUT2D eigenvalue weighted by molar-refractivity contribution is 5.85. The van der Waals surface area contributed by atoms with Crippen LogP contribution in [0.4, 0.5) is 13.2 Å². The molecule has 0 aliphatic rings. The Morgan fingerprint density at radius 2 is 1.86 bits per heavy atom. The van der Waals surface area contributed by atoms with Gasteiger partial charge < -0.3 is 4.74 Å².